The first-order valence-corrected chi connectivity index (χ1v) is 9.40. The van der Waals surface area contributed by atoms with Gasteiger partial charge in [0, 0.05) is 18.8 Å². The van der Waals surface area contributed by atoms with Crippen LogP contribution in [0.4, 0.5) is 0 Å². The zero-order valence-electron chi connectivity index (χ0n) is 14.3. The summed E-state index contributed by atoms with van der Waals surface area (Å²) in [5.41, 5.74) is 3.47. The minimum Gasteiger partial charge on any atom is -0.329 e. The summed E-state index contributed by atoms with van der Waals surface area (Å²) in [7, 11) is 0. The molecule has 4 rings (SSSR count). The fraction of sp³-hybridized carbons (Fsp3) is 0.471. The maximum Gasteiger partial charge on any atom is 0.268 e. The van der Waals surface area contributed by atoms with Gasteiger partial charge in [-0.25, -0.2) is 9.50 Å². The van der Waals surface area contributed by atoms with Crippen LogP contribution < -0.4 is 0 Å². The molecule has 1 aliphatic rings. The Hall–Kier alpha value is -2.35. The van der Waals surface area contributed by atoms with Crippen molar-refractivity contribution in [2.75, 3.05) is 6.54 Å². The van der Waals surface area contributed by atoms with Gasteiger partial charge in [0.15, 0.2) is 5.65 Å². The number of piperidine rings is 1. The van der Waals surface area contributed by atoms with Gasteiger partial charge >= 0.3 is 0 Å². The standard InChI is InChI=1S/C17H20N6OS/c1-3-12-16(25-21-19-12)17(24)22-8-5-4-6-14(22)13-7-9-23-15(18-13)10-11(2)20-23/h7,9-10,14H,3-6,8H2,1-2H3/t14-/m0/s1. The first-order valence-electron chi connectivity index (χ1n) is 8.62. The van der Waals surface area contributed by atoms with Gasteiger partial charge in [-0.05, 0) is 50.2 Å². The van der Waals surface area contributed by atoms with Crippen LogP contribution in [0.25, 0.3) is 5.65 Å². The Morgan fingerprint density at radius 2 is 2.28 bits per heavy atom. The van der Waals surface area contributed by atoms with Gasteiger partial charge < -0.3 is 4.90 Å². The number of aromatic nitrogens is 5. The molecule has 0 N–H and O–H groups in total. The van der Waals surface area contributed by atoms with E-state index in [1.54, 1.807) is 4.52 Å². The third kappa shape index (κ3) is 2.90. The van der Waals surface area contributed by atoms with Crippen LogP contribution in [0.15, 0.2) is 18.3 Å². The molecule has 1 amide bonds. The first kappa shape index (κ1) is 16.1. The van der Waals surface area contributed by atoms with E-state index < -0.39 is 0 Å². The SMILES string of the molecule is CCc1nnsc1C(=O)N1CCCC[C@H]1c1ccn2nc(C)cc2n1. The van der Waals surface area contributed by atoms with Crippen molar-refractivity contribution in [2.45, 2.75) is 45.6 Å². The molecule has 1 aliphatic heterocycles. The Morgan fingerprint density at radius 1 is 1.40 bits per heavy atom. The molecule has 0 bridgehead atoms. The van der Waals surface area contributed by atoms with Crippen molar-refractivity contribution in [3.8, 4) is 0 Å². The predicted molar refractivity (Wildman–Crippen MR) is 94.6 cm³/mol. The third-order valence-corrected chi connectivity index (χ3v) is 5.41. The lowest BCUT2D eigenvalue weighted by Crippen LogP contribution is -2.39. The van der Waals surface area contributed by atoms with E-state index in [2.05, 4.69) is 14.7 Å². The van der Waals surface area contributed by atoms with Gasteiger partial charge in [0.05, 0.1) is 23.1 Å². The van der Waals surface area contributed by atoms with Gasteiger partial charge in [-0.15, -0.1) is 5.10 Å². The summed E-state index contributed by atoms with van der Waals surface area (Å²) in [6, 6.07) is 3.93. The highest BCUT2D eigenvalue weighted by Crippen LogP contribution is 2.32. The highest BCUT2D eigenvalue weighted by Gasteiger charge is 2.32. The minimum absolute atomic E-state index is 0.00624. The molecule has 130 valence electrons. The number of rotatable bonds is 3. The molecule has 0 aliphatic carbocycles. The van der Waals surface area contributed by atoms with Crippen LogP contribution in [0.2, 0.25) is 0 Å². The van der Waals surface area contributed by atoms with Crippen molar-refractivity contribution in [2.24, 2.45) is 0 Å². The van der Waals surface area contributed by atoms with Crippen LogP contribution in [-0.4, -0.2) is 41.5 Å². The van der Waals surface area contributed by atoms with Crippen LogP contribution in [0.1, 0.15) is 59.0 Å². The molecule has 0 aromatic carbocycles. The zero-order valence-corrected chi connectivity index (χ0v) is 15.2. The molecule has 25 heavy (non-hydrogen) atoms. The van der Waals surface area contributed by atoms with E-state index in [9.17, 15) is 4.79 Å². The van der Waals surface area contributed by atoms with Crippen molar-refractivity contribution < 1.29 is 4.79 Å². The van der Waals surface area contributed by atoms with Crippen LogP contribution in [0.3, 0.4) is 0 Å². The lowest BCUT2D eigenvalue weighted by Gasteiger charge is -2.35. The monoisotopic (exact) mass is 356 g/mol. The van der Waals surface area contributed by atoms with Crippen molar-refractivity contribution in [1.29, 1.82) is 0 Å². The summed E-state index contributed by atoms with van der Waals surface area (Å²) < 4.78 is 5.74. The Bertz CT molecular complexity index is 917. The Kier molecular flexibility index (Phi) is 4.20. The summed E-state index contributed by atoms with van der Waals surface area (Å²) in [6.07, 6.45) is 5.68. The molecule has 1 atom stereocenters. The molecule has 3 aromatic heterocycles. The summed E-state index contributed by atoms with van der Waals surface area (Å²) in [5, 5.41) is 8.46. The van der Waals surface area contributed by atoms with E-state index in [-0.39, 0.29) is 11.9 Å². The van der Waals surface area contributed by atoms with Crippen LogP contribution >= 0.6 is 11.5 Å². The molecule has 1 fully saturated rings. The maximum absolute atomic E-state index is 13.1. The number of fused-ring (bicyclic) bond motifs is 1. The quantitative estimate of drug-likeness (QED) is 0.721. The number of likely N-dealkylation sites (tertiary alicyclic amines) is 1. The Balaban J connectivity index is 1.69. The van der Waals surface area contributed by atoms with Gasteiger partial charge in [-0.2, -0.15) is 5.10 Å². The van der Waals surface area contributed by atoms with E-state index in [4.69, 9.17) is 4.98 Å². The van der Waals surface area contributed by atoms with Crippen LogP contribution in [0.5, 0.6) is 0 Å². The molecule has 7 nitrogen and oxygen atoms in total. The molecular weight excluding hydrogens is 336 g/mol. The van der Waals surface area contributed by atoms with Crippen molar-refractivity contribution >= 4 is 23.1 Å². The fourth-order valence-electron chi connectivity index (χ4n) is 3.41. The van der Waals surface area contributed by atoms with Gasteiger partial charge in [0.2, 0.25) is 0 Å². The Labute approximate surface area is 149 Å². The average molecular weight is 356 g/mol. The largest absolute Gasteiger partial charge is 0.329 e. The highest BCUT2D eigenvalue weighted by atomic mass is 32.1. The van der Waals surface area contributed by atoms with Crippen LogP contribution in [0, 0.1) is 6.92 Å². The second-order valence-electron chi connectivity index (χ2n) is 6.35. The number of nitrogens with zero attached hydrogens (tertiary/aromatic N) is 6. The summed E-state index contributed by atoms with van der Waals surface area (Å²) in [4.78, 5) is 20.5. The predicted octanol–water partition coefficient (Wildman–Crippen LogP) is 2.82. The number of amides is 1. The number of carbonyl (C=O) groups excluding carboxylic acids is 1. The van der Waals surface area contributed by atoms with Crippen LogP contribution in [-0.2, 0) is 6.42 Å². The Morgan fingerprint density at radius 3 is 3.12 bits per heavy atom. The van der Waals surface area contributed by atoms with E-state index in [0.717, 1.165) is 55.0 Å². The van der Waals surface area contributed by atoms with E-state index in [1.165, 1.54) is 11.5 Å². The van der Waals surface area contributed by atoms with Gasteiger partial charge in [0.25, 0.3) is 5.91 Å². The van der Waals surface area contributed by atoms with Crippen molar-refractivity contribution in [3.63, 3.8) is 0 Å². The molecule has 3 aromatic rings. The molecule has 0 spiro atoms. The van der Waals surface area contributed by atoms with E-state index in [0.29, 0.717) is 4.88 Å². The van der Waals surface area contributed by atoms with Gasteiger partial charge in [0.1, 0.15) is 4.88 Å². The maximum atomic E-state index is 13.1. The van der Waals surface area contributed by atoms with E-state index >= 15 is 0 Å². The normalized spacial score (nSPS) is 18.0. The third-order valence-electron chi connectivity index (χ3n) is 4.66. The second kappa shape index (κ2) is 6.51. The molecule has 0 unspecified atom stereocenters. The van der Waals surface area contributed by atoms with Gasteiger partial charge in [-0.3, -0.25) is 4.79 Å². The lowest BCUT2D eigenvalue weighted by molar-refractivity contribution is 0.0610. The molecule has 1 saturated heterocycles. The molecular formula is C17H20N6OS. The minimum atomic E-state index is -0.00624. The lowest BCUT2D eigenvalue weighted by atomic mass is 9.98. The summed E-state index contributed by atoms with van der Waals surface area (Å²) in [5.74, 6) is 0.0305. The smallest absolute Gasteiger partial charge is 0.268 e. The number of hydrogen-bond donors (Lipinski definition) is 0. The number of hydrogen-bond acceptors (Lipinski definition) is 6. The fourth-order valence-corrected chi connectivity index (χ4v) is 4.12. The first-order chi connectivity index (χ1) is 12.2. The van der Waals surface area contributed by atoms with Crippen molar-refractivity contribution in [1.82, 2.24) is 29.1 Å². The molecule has 0 saturated carbocycles. The molecule has 8 heteroatoms. The number of aryl methyl sites for hydroxylation is 2. The number of carbonyl (C=O) groups is 1. The van der Waals surface area contributed by atoms with Gasteiger partial charge in [-0.1, -0.05) is 11.4 Å². The highest BCUT2D eigenvalue weighted by molar-refractivity contribution is 7.08. The molecule has 4 heterocycles. The topological polar surface area (TPSA) is 76.3 Å². The molecule has 0 radical (unpaired) electrons. The van der Waals surface area contributed by atoms with Crippen molar-refractivity contribution in [3.05, 3.63) is 40.3 Å². The second-order valence-corrected chi connectivity index (χ2v) is 7.11. The average Bonchev–Trinajstić information content (AvgIpc) is 3.25. The van der Waals surface area contributed by atoms with E-state index in [1.807, 2.05) is 37.1 Å². The summed E-state index contributed by atoms with van der Waals surface area (Å²) >= 11 is 1.19. The summed E-state index contributed by atoms with van der Waals surface area (Å²) in [6.45, 7) is 4.70. The zero-order chi connectivity index (χ0) is 17.4.